The molecule has 1 atom stereocenters. The van der Waals surface area contributed by atoms with E-state index in [9.17, 15) is 9.90 Å². The van der Waals surface area contributed by atoms with Crippen LogP contribution in [0, 0.1) is 5.92 Å². The summed E-state index contributed by atoms with van der Waals surface area (Å²) in [7, 11) is 2.10. The maximum absolute atomic E-state index is 13.4. The molecule has 0 fully saturated rings. The van der Waals surface area contributed by atoms with Gasteiger partial charge < -0.3 is 20.6 Å². The molecule has 240 valence electrons. The van der Waals surface area contributed by atoms with Gasteiger partial charge in [-0.15, -0.1) is 0 Å². The van der Waals surface area contributed by atoms with E-state index in [0.717, 1.165) is 58.6 Å². The number of carbonyl (C=O) groups excluding carboxylic acids is 1. The Morgan fingerprint density at radius 1 is 0.977 bits per heavy atom. The topological polar surface area (TPSA) is 64.6 Å². The molecule has 1 aliphatic rings. The second-order valence-electron chi connectivity index (χ2n) is 15.0. The lowest BCUT2D eigenvalue weighted by Crippen LogP contribution is -2.41. The Bertz CT molecular complexity index is 1440. The molecule has 5 nitrogen and oxygen atoms in total. The van der Waals surface area contributed by atoms with E-state index in [1.807, 2.05) is 51.1 Å². The van der Waals surface area contributed by atoms with Gasteiger partial charge in [0.1, 0.15) is 0 Å². The molecule has 4 rings (SSSR count). The largest absolute Gasteiger partial charge is 0.393 e. The molecule has 1 aliphatic heterocycles. The summed E-state index contributed by atoms with van der Waals surface area (Å²) in [5.74, 6) is 0.764. The zero-order valence-electron chi connectivity index (χ0n) is 29.0. The SMILES string of the molecule is C=C(c1c(CC(O)CCc2ccc3ccccc3c2C(=O)NC(C)(C)C)ccc2c1CNCC2)N(C)C(C)(C)C.CC(C)C. The van der Waals surface area contributed by atoms with Crippen molar-refractivity contribution in [2.24, 2.45) is 5.92 Å². The molecule has 1 amide bonds. The summed E-state index contributed by atoms with van der Waals surface area (Å²) < 4.78 is 0. The number of hydrogen-bond acceptors (Lipinski definition) is 4. The molecule has 44 heavy (non-hydrogen) atoms. The van der Waals surface area contributed by atoms with E-state index in [0.29, 0.717) is 24.8 Å². The van der Waals surface area contributed by atoms with E-state index >= 15 is 0 Å². The van der Waals surface area contributed by atoms with Crippen molar-refractivity contribution in [1.29, 1.82) is 0 Å². The van der Waals surface area contributed by atoms with Crippen LogP contribution in [0.1, 0.15) is 107 Å². The van der Waals surface area contributed by atoms with Gasteiger partial charge in [0.2, 0.25) is 0 Å². The Hall–Kier alpha value is -3.15. The number of aliphatic hydroxyl groups is 1. The minimum Gasteiger partial charge on any atom is -0.393 e. The Labute approximate surface area is 267 Å². The third kappa shape index (κ3) is 9.42. The van der Waals surface area contributed by atoms with Crippen molar-refractivity contribution in [3.63, 3.8) is 0 Å². The normalized spacial score (nSPS) is 14.0. The van der Waals surface area contributed by atoms with Gasteiger partial charge in [0.25, 0.3) is 5.91 Å². The first-order valence-electron chi connectivity index (χ1n) is 16.3. The first-order chi connectivity index (χ1) is 20.5. The lowest BCUT2D eigenvalue weighted by Gasteiger charge is -2.38. The second-order valence-corrected chi connectivity index (χ2v) is 15.0. The number of fused-ring (bicyclic) bond motifs is 2. The summed E-state index contributed by atoms with van der Waals surface area (Å²) >= 11 is 0. The van der Waals surface area contributed by atoms with Crippen LogP contribution in [0.15, 0.2) is 55.1 Å². The molecule has 0 saturated carbocycles. The van der Waals surface area contributed by atoms with Gasteiger partial charge in [-0.05, 0) is 113 Å². The summed E-state index contributed by atoms with van der Waals surface area (Å²) in [6.45, 7) is 25.4. The van der Waals surface area contributed by atoms with Gasteiger partial charge in [-0.1, -0.05) is 75.9 Å². The van der Waals surface area contributed by atoms with Crippen molar-refractivity contribution in [3.05, 3.63) is 88.5 Å². The Balaban J connectivity index is 0.00000124. The number of rotatable bonds is 8. The first-order valence-corrected chi connectivity index (χ1v) is 16.3. The fourth-order valence-corrected chi connectivity index (χ4v) is 5.59. The summed E-state index contributed by atoms with van der Waals surface area (Å²) in [5, 5.41) is 20.0. The van der Waals surface area contributed by atoms with Crippen molar-refractivity contribution in [2.45, 2.75) is 112 Å². The molecule has 1 unspecified atom stereocenters. The minimum absolute atomic E-state index is 0.0696. The zero-order chi connectivity index (χ0) is 32.8. The molecule has 0 aliphatic carbocycles. The van der Waals surface area contributed by atoms with E-state index in [-0.39, 0.29) is 17.0 Å². The van der Waals surface area contributed by atoms with Crippen molar-refractivity contribution in [1.82, 2.24) is 15.5 Å². The lowest BCUT2D eigenvalue weighted by atomic mass is 9.86. The Kier molecular flexibility index (Phi) is 11.8. The maximum atomic E-state index is 13.4. The zero-order valence-corrected chi connectivity index (χ0v) is 29.0. The van der Waals surface area contributed by atoms with Crippen LogP contribution in [0.5, 0.6) is 0 Å². The monoisotopic (exact) mass is 599 g/mol. The van der Waals surface area contributed by atoms with Crippen molar-refractivity contribution < 1.29 is 9.90 Å². The van der Waals surface area contributed by atoms with Crippen LogP contribution in [0.4, 0.5) is 0 Å². The minimum atomic E-state index is -0.550. The molecule has 5 heteroatoms. The molecule has 3 aromatic rings. The van der Waals surface area contributed by atoms with E-state index in [1.165, 1.54) is 11.1 Å². The standard InChI is InChI=1S/C35H47N3O2.C4H10/c1-23(38(8)35(5,6)7)31-27(16-14-25-19-20-36-22-30(25)31)21-28(39)18-17-26-15-13-24-11-9-10-12-29(24)32(26)33(40)37-34(2,3)4;1-4(2)3/h9-16,28,36,39H,1,17-22H2,2-8H3,(H,37,40);4H,1-3H3. The Morgan fingerprint density at radius 2 is 1.61 bits per heavy atom. The molecule has 0 spiro atoms. The van der Waals surface area contributed by atoms with Crippen LogP contribution in [-0.4, -0.2) is 46.7 Å². The third-order valence-corrected chi connectivity index (χ3v) is 8.00. The van der Waals surface area contributed by atoms with Crippen LogP contribution in [0.25, 0.3) is 16.5 Å². The molecule has 0 radical (unpaired) electrons. The number of carbonyl (C=O) groups is 1. The Morgan fingerprint density at radius 3 is 2.25 bits per heavy atom. The van der Waals surface area contributed by atoms with Gasteiger partial charge in [-0.3, -0.25) is 4.79 Å². The summed E-state index contributed by atoms with van der Waals surface area (Å²) in [4.78, 5) is 15.7. The fraction of sp³-hybridized carbons (Fsp3) is 0.513. The molecule has 1 heterocycles. The van der Waals surface area contributed by atoms with Crippen molar-refractivity contribution >= 4 is 22.4 Å². The highest BCUT2D eigenvalue weighted by Crippen LogP contribution is 2.33. The number of benzene rings is 3. The van der Waals surface area contributed by atoms with Crippen molar-refractivity contribution in [3.8, 4) is 0 Å². The number of amides is 1. The average Bonchev–Trinajstić information content (AvgIpc) is 2.93. The molecule has 0 saturated heterocycles. The predicted octanol–water partition coefficient (Wildman–Crippen LogP) is 7.91. The highest BCUT2D eigenvalue weighted by atomic mass is 16.3. The van der Waals surface area contributed by atoms with E-state index in [4.69, 9.17) is 0 Å². The van der Waals surface area contributed by atoms with Crippen LogP contribution >= 0.6 is 0 Å². The number of nitrogens with zero attached hydrogens (tertiary/aromatic N) is 1. The third-order valence-electron chi connectivity index (χ3n) is 8.00. The molecule has 0 aromatic heterocycles. The number of hydrogen-bond donors (Lipinski definition) is 3. The molecule has 0 bridgehead atoms. The van der Waals surface area contributed by atoms with E-state index in [1.54, 1.807) is 0 Å². The fourth-order valence-electron chi connectivity index (χ4n) is 5.59. The number of aryl methyl sites for hydroxylation is 1. The summed E-state index contributed by atoms with van der Waals surface area (Å²) in [6.07, 6.45) is 2.16. The predicted molar refractivity (Wildman–Crippen MR) is 188 cm³/mol. The van der Waals surface area contributed by atoms with Gasteiger partial charge in [0.15, 0.2) is 0 Å². The molecular formula is C39H57N3O2. The van der Waals surface area contributed by atoms with E-state index in [2.05, 4.69) is 88.9 Å². The highest BCUT2D eigenvalue weighted by molar-refractivity contribution is 6.08. The number of aliphatic hydroxyl groups excluding tert-OH is 1. The molecule has 3 N–H and O–H groups in total. The van der Waals surface area contributed by atoms with Crippen LogP contribution < -0.4 is 10.6 Å². The molecule has 3 aromatic carbocycles. The van der Waals surface area contributed by atoms with Crippen LogP contribution in [-0.2, 0) is 25.8 Å². The van der Waals surface area contributed by atoms with Gasteiger partial charge in [0, 0.05) is 35.9 Å². The van der Waals surface area contributed by atoms with Gasteiger partial charge in [0.05, 0.1) is 11.7 Å². The molecular weight excluding hydrogens is 542 g/mol. The summed E-state index contributed by atoms with van der Waals surface area (Å²) in [5.41, 5.74) is 7.20. The lowest BCUT2D eigenvalue weighted by molar-refractivity contribution is 0.0919. The smallest absolute Gasteiger partial charge is 0.252 e. The highest BCUT2D eigenvalue weighted by Gasteiger charge is 2.26. The van der Waals surface area contributed by atoms with Gasteiger partial charge >= 0.3 is 0 Å². The van der Waals surface area contributed by atoms with Gasteiger partial charge in [-0.25, -0.2) is 0 Å². The van der Waals surface area contributed by atoms with Crippen LogP contribution in [0.3, 0.4) is 0 Å². The average molecular weight is 600 g/mol. The first kappa shape index (κ1) is 35.3. The second kappa shape index (κ2) is 14.8. The van der Waals surface area contributed by atoms with Crippen molar-refractivity contribution in [2.75, 3.05) is 13.6 Å². The van der Waals surface area contributed by atoms with Gasteiger partial charge in [-0.2, -0.15) is 0 Å². The number of nitrogens with one attached hydrogen (secondary N) is 2. The van der Waals surface area contributed by atoms with E-state index < -0.39 is 6.10 Å². The summed E-state index contributed by atoms with van der Waals surface area (Å²) in [6, 6.07) is 16.5. The maximum Gasteiger partial charge on any atom is 0.252 e. The van der Waals surface area contributed by atoms with Crippen LogP contribution in [0.2, 0.25) is 0 Å². The quantitative estimate of drug-likeness (QED) is 0.246.